The van der Waals surface area contributed by atoms with Gasteiger partial charge in [0.25, 0.3) is 0 Å². The number of thioether (sulfide) groups is 1. The lowest BCUT2D eigenvalue weighted by atomic mass is 10.2. The van der Waals surface area contributed by atoms with E-state index in [0.29, 0.717) is 26.7 Å². The molecule has 0 radical (unpaired) electrons. The molecular formula is C17H13BrClFN4OS2. The molecule has 0 aliphatic rings. The third kappa shape index (κ3) is 6.17. The first-order chi connectivity index (χ1) is 13.0. The summed E-state index contributed by atoms with van der Waals surface area (Å²) in [7, 11) is 0. The fourth-order valence-electron chi connectivity index (χ4n) is 2.02. The number of aromatic nitrogens is 2. The molecule has 10 heteroatoms. The van der Waals surface area contributed by atoms with Gasteiger partial charge in [-0.3, -0.25) is 4.79 Å². The van der Waals surface area contributed by atoms with Gasteiger partial charge in [0.15, 0.2) is 4.34 Å². The Bertz CT molecular complexity index is 939. The first-order valence-electron chi connectivity index (χ1n) is 7.69. The Hall–Kier alpha value is -1.68. The molecule has 0 atom stereocenters. The van der Waals surface area contributed by atoms with Crippen molar-refractivity contribution in [3.63, 3.8) is 0 Å². The van der Waals surface area contributed by atoms with E-state index in [0.717, 1.165) is 10.0 Å². The summed E-state index contributed by atoms with van der Waals surface area (Å²) in [5.41, 5.74) is 1.50. The van der Waals surface area contributed by atoms with Gasteiger partial charge < -0.3 is 10.6 Å². The molecule has 1 amide bonds. The van der Waals surface area contributed by atoms with Crippen molar-refractivity contribution < 1.29 is 9.18 Å². The number of benzene rings is 2. The first kappa shape index (κ1) is 20.1. The van der Waals surface area contributed by atoms with Gasteiger partial charge in [0.1, 0.15) is 5.82 Å². The predicted molar refractivity (Wildman–Crippen MR) is 112 cm³/mol. The topological polar surface area (TPSA) is 66.9 Å². The van der Waals surface area contributed by atoms with E-state index >= 15 is 0 Å². The van der Waals surface area contributed by atoms with Crippen LogP contribution in [0.25, 0.3) is 0 Å². The quantitative estimate of drug-likeness (QED) is 0.435. The monoisotopic (exact) mass is 486 g/mol. The zero-order valence-corrected chi connectivity index (χ0v) is 17.7. The molecule has 0 spiro atoms. The van der Waals surface area contributed by atoms with Crippen molar-refractivity contribution in [1.29, 1.82) is 0 Å². The molecule has 5 nitrogen and oxygen atoms in total. The summed E-state index contributed by atoms with van der Waals surface area (Å²) in [5, 5.41) is 15.1. The van der Waals surface area contributed by atoms with Gasteiger partial charge in [-0.05, 0) is 35.9 Å². The van der Waals surface area contributed by atoms with Crippen molar-refractivity contribution in [3.05, 3.63) is 63.3 Å². The second-order valence-corrected chi connectivity index (χ2v) is 8.84. The summed E-state index contributed by atoms with van der Waals surface area (Å²) in [6.45, 7) is 0.516. The van der Waals surface area contributed by atoms with Crippen LogP contribution >= 0.6 is 50.6 Å². The molecule has 0 saturated heterocycles. The van der Waals surface area contributed by atoms with Crippen LogP contribution in [0.2, 0.25) is 5.02 Å². The van der Waals surface area contributed by atoms with E-state index in [2.05, 4.69) is 36.8 Å². The van der Waals surface area contributed by atoms with Gasteiger partial charge in [0.2, 0.25) is 11.0 Å². The molecule has 1 aromatic heterocycles. The lowest BCUT2D eigenvalue weighted by Gasteiger charge is -2.06. The van der Waals surface area contributed by atoms with Crippen LogP contribution < -0.4 is 10.6 Å². The maximum Gasteiger partial charge on any atom is 0.234 e. The summed E-state index contributed by atoms with van der Waals surface area (Å²) in [6.07, 6.45) is 0. The van der Waals surface area contributed by atoms with Crippen LogP contribution in [-0.4, -0.2) is 21.9 Å². The number of hydrogen-bond donors (Lipinski definition) is 2. The van der Waals surface area contributed by atoms with E-state index in [1.54, 1.807) is 30.3 Å². The maximum absolute atomic E-state index is 12.9. The van der Waals surface area contributed by atoms with Gasteiger partial charge in [0, 0.05) is 11.0 Å². The number of hydrogen-bond acceptors (Lipinski definition) is 6. The zero-order valence-electron chi connectivity index (χ0n) is 13.7. The van der Waals surface area contributed by atoms with Crippen LogP contribution in [0.1, 0.15) is 5.56 Å². The molecule has 3 rings (SSSR count). The van der Waals surface area contributed by atoms with Crippen molar-refractivity contribution in [2.24, 2.45) is 0 Å². The molecule has 0 saturated carbocycles. The second-order valence-electron chi connectivity index (χ2n) is 5.31. The molecule has 140 valence electrons. The molecule has 3 aromatic rings. The van der Waals surface area contributed by atoms with Crippen molar-refractivity contribution in [1.82, 2.24) is 10.2 Å². The highest BCUT2D eigenvalue weighted by molar-refractivity contribution is 9.10. The summed E-state index contributed by atoms with van der Waals surface area (Å²) in [5.74, 6) is -0.254. The van der Waals surface area contributed by atoms with Gasteiger partial charge in [-0.1, -0.05) is 62.8 Å². The lowest BCUT2D eigenvalue weighted by molar-refractivity contribution is -0.113. The molecule has 2 aromatic carbocycles. The lowest BCUT2D eigenvalue weighted by Crippen LogP contribution is -2.14. The highest BCUT2D eigenvalue weighted by atomic mass is 79.9. The minimum absolute atomic E-state index is 0.180. The molecule has 1 heterocycles. The Morgan fingerprint density at radius 1 is 1.22 bits per heavy atom. The smallest absolute Gasteiger partial charge is 0.234 e. The van der Waals surface area contributed by atoms with E-state index in [9.17, 15) is 9.18 Å². The Labute approximate surface area is 176 Å². The second kappa shape index (κ2) is 9.50. The third-order valence-corrected chi connectivity index (χ3v) is 6.12. The van der Waals surface area contributed by atoms with E-state index < -0.39 is 0 Å². The molecule has 27 heavy (non-hydrogen) atoms. The van der Waals surface area contributed by atoms with Gasteiger partial charge >= 0.3 is 0 Å². The Balaban J connectivity index is 1.47. The fourth-order valence-corrected chi connectivity index (χ4v) is 4.29. The number of nitrogens with zero attached hydrogens (tertiary/aromatic N) is 2. The minimum atomic E-state index is -0.268. The Morgan fingerprint density at radius 3 is 2.74 bits per heavy atom. The average Bonchev–Trinajstić information content (AvgIpc) is 3.10. The minimum Gasteiger partial charge on any atom is -0.356 e. The van der Waals surface area contributed by atoms with Crippen LogP contribution in [-0.2, 0) is 11.3 Å². The molecular weight excluding hydrogens is 475 g/mol. The number of carbonyl (C=O) groups excluding carboxylic acids is 1. The van der Waals surface area contributed by atoms with Crippen molar-refractivity contribution >= 4 is 67.4 Å². The largest absolute Gasteiger partial charge is 0.356 e. The predicted octanol–water partition coefficient (Wildman–Crippen LogP) is 5.44. The first-order valence-corrected chi connectivity index (χ1v) is 10.7. The summed E-state index contributed by atoms with van der Waals surface area (Å²) in [4.78, 5) is 12.1. The van der Waals surface area contributed by atoms with E-state index in [-0.39, 0.29) is 17.5 Å². The third-order valence-electron chi connectivity index (χ3n) is 3.30. The molecule has 0 unspecified atom stereocenters. The highest BCUT2D eigenvalue weighted by Gasteiger charge is 2.10. The van der Waals surface area contributed by atoms with Gasteiger partial charge in [-0.25, -0.2) is 4.39 Å². The van der Waals surface area contributed by atoms with Crippen LogP contribution in [0.15, 0.2) is 51.3 Å². The SMILES string of the molecule is O=C(CSc1nnc(NCc2ccc(F)cc2)s1)Nc1ccc(Br)cc1Cl. The van der Waals surface area contributed by atoms with Crippen molar-refractivity contribution in [2.45, 2.75) is 10.9 Å². The van der Waals surface area contributed by atoms with Gasteiger partial charge in [0.05, 0.1) is 16.5 Å². The number of anilines is 2. The maximum atomic E-state index is 12.9. The fraction of sp³-hybridized carbons (Fsp3) is 0.118. The molecule has 0 bridgehead atoms. The molecule has 0 aliphatic carbocycles. The van der Waals surface area contributed by atoms with E-state index in [4.69, 9.17) is 11.6 Å². The van der Waals surface area contributed by atoms with Crippen molar-refractivity contribution in [3.8, 4) is 0 Å². The molecule has 0 fully saturated rings. The zero-order chi connectivity index (χ0) is 19.2. The van der Waals surface area contributed by atoms with E-state index in [1.807, 2.05) is 0 Å². The number of halogens is 3. The number of rotatable bonds is 7. The highest BCUT2D eigenvalue weighted by Crippen LogP contribution is 2.28. The molecule has 0 aliphatic heterocycles. The van der Waals surface area contributed by atoms with Gasteiger partial charge in [-0.15, -0.1) is 10.2 Å². The summed E-state index contributed by atoms with van der Waals surface area (Å²) >= 11 is 12.1. The normalized spacial score (nSPS) is 10.6. The molecule has 2 N–H and O–H groups in total. The number of amides is 1. The van der Waals surface area contributed by atoms with E-state index in [1.165, 1.54) is 35.2 Å². The standard InChI is InChI=1S/C17H13BrClFN4OS2/c18-11-3-6-14(13(19)7-11)22-15(25)9-26-17-24-23-16(27-17)21-8-10-1-4-12(20)5-2-10/h1-7H,8-9H2,(H,21,23)(H,22,25). The Kier molecular flexibility index (Phi) is 7.06. The van der Waals surface area contributed by atoms with Crippen LogP contribution in [0, 0.1) is 5.82 Å². The number of nitrogens with one attached hydrogen (secondary N) is 2. The van der Waals surface area contributed by atoms with Gasteiger partial charge in [-0.2, -0.15) is 0 Å². The Morgan fingerprint density at radius 2 is 2.00 bits per heavy atom. The summed E-state index contributed by atoms with van der Waals surface area (Å²) in [6, 6.07) is 11.5. The summed E-state index contributed by atoms with van der Waals surface area (Å²) < 4.78 is 14.4. The van der Waals surface area contributed by atoms with Crippen molar-refractivity contribution in [2.75, 3.05) is 16.4 Å². The number of carbonyl (C=O) groups is 1. The van der Waals surface area contributed by atoms with Crippen LogP contribution in [0.4, 0.5) is 15.2 Å². The average molecular weight is 488 g/mol. The van der Waals surface area contributed by atoms with Crippen LogP contribution in [0.3, 0.4) is 0 Å². The van der Waals surface area contributed by atoms with Crippen LogP contribution in [0.5, 0.6) is 0 Å².